The van der Waals surface area contributed by atoms with E-state index in [4.69, 9.17) is 0 Å². The van der Waals surface area contributed by atoms with Crippen molar-refractivity contribution in [1.82, 2.24) is 24.6 Å². The van der Waals surface area contributed by atoms with Crippen molar-refractivity contribution in [3.05, 3.63) is 24.2 Å². The van der Waals surface area contributed by atoms with Crippen LogP contribution in [0.4, 0.5) is 19.1 Å². The fourth-order valence-electron chi connectivity index (χ4n) is 2.89. The van der Waals surface area contributed by atoms with Crippen LogP contribution in [0.3, 0.4) is 0 Å². The number of rotatable bonds is 3. The van der Waals surface area contributed by atoms with E-state index in [1.54, 1.807) is 22.0 Å². The number of nitrogens with zero attached hydrogens (tertiary/aromatic N) is 6. The van der Waals surface area contributed by atoms with Crippen molar-refractivity contribution in [3.63, 3.8) is 0 Å². The maximum absolute atomic E-state index is 13.2. The third-order valence-electron chi connectivity index (χ3n) is 4.46. The van der Waals surface area contributed by atoms with Crippen molar-refractivity contribution in [1.29, 1.82) is 0 Å². The zero-order valence-corrected chi connectivity index (χ0v) is 13.2. The quantitative estimate of drug-likeness (QED) is 0.857. The summed E-state index contributed by atoms with van der Waals surface area (Å²) in [5, 5.41) is 4.28. The SMILES string of the molecule is CN1CC(n2cc(-c3cc(C(F)(F)F)nc(N4CCC4)n3)cn2)C1. The highest BCUT2D eigenvalue weighted by Gasteiger charge is 2.35. The Labute approximate surface area is 136 Å². The van der Waals surface area contributed by atoms with Crippen LogP contribution in [0.25, 0.3) is 11.3 Å². The molecule has 6 nitrogen and oxygen atoms in total. The smallest absolute Gasteiger partial charge is 0.341 e. The molecule has 2 saturated heterocycles. The lowest BCUT2D eigenvalue weighted by atomic mass is 10.1. The Morgan fingerprint density at radius 1 is 1.17 bits per heavy atom. The summed E-state index contributed by atoms with van der Waals surface area (Å²) in [6.45, 7) is 3.15. The number of alkyl halides is 3. The number of hydrogen-bond donors (Lipinski definition) is 0. The van der Waals surface area contributed by atoms with Gasteiger partial charge in [0, 0.05) is 37.9 Å². The number of hydrogen-bond acceptors (Lipinski definition) is 5. The van der Waals surface area contributed by atoms with E-state index in [0.717, 1.165) is 25.6 Å². The van der Waals surface area contributed by atoms with Crippen LogP contribution in [0.1, 0.15) is 18.2 Å². The van der Waals surface area contributed by atoms with Gasteiger partial charge in [-0.25, -0.2) is 9.97 Å². The van der Waals surface area contributed by atoms with Gasteiger partial charge in [-0.05, 0) is 19.5 Å². The van der Waals surface area contributed by atoms with E-state index in [-0.39, 0.29) is 17.7 Å². The van der Waals surface area contributed by atoms with Gasteiger partial charge in [-0.15, -0.1) is 0 Å². The van der Waals surface area contributed by atoms with E-state index < -0.39 is 11.9 Å². The van der Waals surface area contributed by atoms with Crippen LogP contribution in [0.15, 0.2) is 18.5 Å². The van der Waals surface area contributed by atoms with Gasteiger partial charge < -0.3 is 9.80 Å². The van der Waals surface area contributed by atoms with Gasteiger partial charge in [0.1, 0.15) is 0 Å². The second-order valence-corrected chi connectivity index (χ2v) is 6.36. The fraction of sp³-hybridized carbons (Fsp3) is 0.533. The Balaban J connectivity index is 1.68. The molecule has 2 aromatic rings. The van der Waals surface area contributed by atoms with Gasteiger partial charge in [0.05, 0.1) is 17.9 Å². The van der Waals surface area contributed by atoms with Gasteiger partial charge in [-0.2, -0.15) is 18.3 Å². The molecule has 0 spiro atoms. The lowest BCUT2D eigenvalue weighted by molar-refractivity contribution is -0.141. The lowest BCUT2D eigenvalue weighted by Gasteiger charge is -2.36. The average molecular weight is 338 g/mol. The summed E-state index contributed by atoms with van der Waals surface area (Å²) in [5.41, 5.74) is -0.0668. The predicted molar refractivity (Wildman–Crippen MR) is 81.6 cm³/mol. The maximum Gasteiger partial charge on any atom is 0.433 e. The summed E-state index contributed by atoms with van der Waals surface area (Å²) in [5.74, 6) is 0.141. The molecule has 128 valence electrons. The first-order valence-corrected chi connectivity index (χ1v) is 7.84. The molecule has 0 radical (unpaired) electrons. The number of anilines is 1. The maximum atomic E-state index is 13.2. The zero-order chi connectivity index (χ0) is 16.9. The first-order valence-electron chi connectivity index (χ1n) is 7.84. The first-order chi connectivity index (χ1) is 11.4. The van der Waals surface area contributed by atoms with Crippen molar-refractivity contribution in [2.45, 2.75) is 18.6 Å². The number of likely N-dealkylation sites (tertiary alicyclic amines) is 1. The molecule has 4 heterocycles. The van der Waals surface area contributed by atoms with Crippen LogP contribution in [-0.2, 0) is 6.18 Å². The Morgan fingerprint density at radius 2 is 1.92 bits per heavy atom. The van der Waals surface area contributed by atoms with E-state index in [9.17, 15) is 13.2 Å². The van der Waals surface area contributed by atoms with Crippen LogP contribution in [0.5, 0.6) is 0 Å². The topological polar surface area (TPSA) is 50.1 Å². The molecule has 2 aromatic heterocycles. The minimum atomic E-state index is -4.50. The van der Waals surface area contributed by atoms with Gasteiger partial charge in [-0.1, -0.05) is 0 Å². The summed E-state index contributed by atoms with van der Waals surface area (Å²) in [6, 6.07) is 1.26. The fourth-order valence-corrected chi connectivity index (χ4v) is 2.89. The van der Waals surface area contributed by atoms with Gasteiger partial charge in [0.2, 0.25) is 5.95 Å². The molecule has 0 unspecified atom stereocenters. The number of aromatic nitrogens is 4. The molecule has 2 aliphatic heterocycles. The minimum absolute atomic E-state index is 0.141. The molecule has 2 fully saturated rings. The third kappa shape index (κ3) is 2.72. The highest BCUT2D eigenvalue weighted by atomic mass is 19.4. The van der Waals surface area contributed by atoms with E-state index in [1.165, 1.54) is 0 Å². The average Bonchev–Trinajstić information content (AvgIpc) is 2.90. The number of halogens is 3. The van der Waals surface area contributed by atoms with Crippen LogP contribution in [0.2, 0.25) is 0 Å². The standard InChI is InChI=1S/C15H17F3N6/c1-22-8-11(9-22)24-7-10(6-19-24)12-5-13(15(16,17)18)21-14(20-12)23-3-2-4-23/h5-7,11H,2-4,8-9H2,1H3. The summed E-state index contributed by atoms with van der Waals surface area (Å²) in [4.78, 5) is 11.9. The lowest BCUT2D eigenvalue weighted by Crippen LogP contribution is -2.45. The van der Waals surface area contributed by atoms with Gasteiger partial charge >= 0.3 is 6.18 Å². The van der Waals surface area contributed by atoms with Crippen molar-refractivity contribution in [2.24, 2.45) is 0 Å². The highest BCUT2D eigenvalue weighted by molar-refractivity contribution is 5.59. The summed E-state index contributed by atoms with van der Waals surface area (Å²) in [6.07, 6.45) is -0.215. The second kappa shape index (κ2) is 5.44. The Morgan fingerprint density at radius 3 is 2.50 bits per heavy atom. The van der Waals surface area contributed by atoms with Crippen LogP contribution in [0, 0.1) is 0 Å². The predicted octanol–water partition coefficient (Wildman–Crippen LogP) is 2.06. The Kier molecular flexibility index (Phi) is 3.48. The molecule has 0 aliphatic carbocycles. The zero-order valence-electron chi connectivity index (χ0n) is 13.2. The Hall–Kier alpha value is -2.16. The summed E-state index contributed by atoms with van der Waals surface area (Å²) >= 11 is 0. The van der Waals surface area contributed by atoms with Crippen molar-refractivity contribution < 1.29 is 13.2 Å². The van der Waals surface area contributed by atoms with E-state index >= 15 is 0 Å². The molecule has 9 heteroatoms. The molecule has 0 atom stereocenters. The van der Waals surface area contributed by atoms with Gasteiger partial charge in [0.15, 0.2) is 5.69 Å². The minimum Gasteiger partial charge on any atom is -0.341 e. The highest BCUT2D eigenvalue weighted by Crippen LogP contribution is 2.33. The third-order valence-corrected chi connectivity index (χ3v) is 4.46. The molecule has 0 saturated carbocycles. The van der Waals surface area contributed by atoms with E-state index in [2.05, 4.69) is 20.0 Å². The molecule has 0 bridgehead atoms. The van der Waals surface area contributed by atoms with Crippen molar-refractivity contribution >= 4 is 5.95 Å². The van der Waals surface area contributed by atoms with Gasteiger partial charge in [-0.3, -0.25) is 4.68 Å². The number of likely N-dealkylation sites (N-methyl/N-ethyl adjacent to an activating group) is 1. The normalized spacial score (nSPS) is 19.2. The van der Waals surface area contributed by atoms with Crippen molar-refractivity contribution in [2.75, 3.05) is 38.1 Å². The molecular formula is C15H17F3N6. The molecule has 2 aliphatic rings. The molecule has 0 amide bonds. The van der Waals surface area contributed by atoms with E-state index in [1.807, 2.05) is 7.05 Å². The molecular weight excluding hydrogens is 321 g/mol. The molecule has 24 heavy (non-hydrogen) atoms. The van der Waals surface area contributed by atoms with Gasteiger partial charge in [0.25, 0.3) is 0 Å². The first kappa shape index (κ1) is 15.4. The summed E-state index contributed by atoms with van der Waals surface area (Å²) < 4.78 is 41.3. The summed E-state index contributed by atoms with van der Waals surface area (Å²) in [7, 11) is 2.01. The molecule has 4 rings (SSSR count). The second-order valence-electron chi connectivity index (χ2n) is 6.36. The molecule has 0 N–H and O–H groups in total. The van der Waals surface area contributed by atoms with Crippen molar-refractivity contribution in [3.8, 4) is 11.3 Å². The van der Waals surface area contributed by atoms with Crippen LogP contribution < -0.4 is 4.90 Å². The monoisotopic (exact) mass is 338 g/mol. The Bertz CT molecular complexity index is 746. The largest absolute Gasteiger partial charge is 0.433 e. The van der Waals surface area contributed by atoms with Crippen LogP contribution in [-0.4, -0.2) is 57.9 Å². The van der Waals surface area contributed by atoms with Crippen LogP contribution >= 0.6 is 0 Å². The van der Waals surface area contributed by atoms with E-state index in [0.29, 0.717) is 18.7 Å². The molecule has 0 aromatic carbocycles.